The first kappa shape index (κ1) is 20.0. The van der Waals surface area contributed by atoms with E-state index in [0.717, 1.165) is 45.4 Å². The van der Waals surface area contributed by atoms with Gasteiger partial charge >= 0.3 is 0 Å². The van der Waals surface area contributed by atoms with Crippen LogP contribution in [0.25, 0.3) is 0 Å². The topological polar surface area (TPSA) is 48.9 Å². The van der Waals surface area contributed by atoms with Gasteiger partial charge in [-0.15, -0.1) is 24.0 Å². The van der Waals surface area contributed by atoms with Crippen LogP contribution in [0.1, 0.15) is 11.1 Å². The van der Waals surface area contributed by atoms with Crippen LogP contribution in [0.15, 0.2) is 46.1 Å². The van der Waals surface area contributed by atoms with E-state index in [4.69, 9.17) is 4.74 Å². The second-order valence-corrected chi connectivity index (χ2v) is 6.46. The molecule has 25 heavy (non-hydrogen) atoms. The van der Waals surface area contributed by atoms with Crippen LogP contribution in [-0.2, 0) is 17.8 Å². The van der Waals surface area contributed by atoms with E-state index in [9.17, 15) is 0 Å². The first-order chi connectivity index (χ1) is 11.8. The Morgan fingerprint density at radius 1 is 1.08 bits per heavy atom. The van der Waals surface area contributed by atoms with Crippen LogP contribution in [0, 0.1) is 0 Å². The Morgan fingerprint density at radius 2 is 1.76 bits per heavy atom. The van der Waals surface area contributed by atoms with Crippen molar-refractivity contribution >= 4 is 47.0 Å². The number of anilines is 1. The molecule has 1 aromatic heterocycles. The maximum absolute atomic E-state index is 5.40. The van der Waals surface area contributed by atoms with E-state index in [2.05, 4.69) is 61.6 Å². The van der Waals surface area contributed by atoms with E-state index >= 15 is 0 Å². The predicted octanol–water partition coefficient (Wildman–Crippen LogP) is 3.07. The largest absolute Gasteiger partial charge is 0.378 e. The Bertz CT molecular complexity index is 640. The molecule has 2 aromatic rings. The molecule has 7 heteroatoms. The molecule has 1 saturated heterocycles. The maximum atomic E-state index is 5.40. The summed E-state index contributed by atoms with van der Waals surface area (Å²) in [5.41, 5.74) is 3.78. The standard InChI is InChI=1S/C18H24N4OS.HI/c1-19-18(21-13-16-6-11-24-14-16)20-12-15-2-4-17(5-3-15)22-7-9-23-10-8-22;/h2-6,11,14H,7-10,12-13H2,1H3,(H2,19,20,21);1H. The summed E-state index contributed by atoms with van der Waals surface area (Å²) in [5.74, 6) is 0.818. The van der Waals surface area contributed by atoms with Crippen molar-refractivity contribution in [1.82, 2.24) is 10.6 Å². The number of hydrogen-bond donors (Lipinski definition) is 2. The molecule has 0 bridgehead atoms. The number of rotatable bonds is 5. The number of nitrogens with one attached hydrogen (secondary N) is 2. The third kappa shape index (κ3) is 6.16. The summed E-state index contributed by atoms with van der Waals surface area (Å²) < 4.78 is 5.40. The van der Waals surface area contributed by atoms with Crippen LogP contribution >= 0.6 is 35.3 Å². The first-order valence-electron chi connectivity index (χ1n) is 8.22. The quantitative estimate of drug-likeness (QED) is 0.399. The van der Waals surface area contributed by atoms with Gasteiger partial charge < -0.3 is 20.3 Å². The van der Waals surface area contributed by atoms with E-state index in [0.29, 0.717) is 0 Å². The maximum Gasteiger partial charge on any atom is 0.191 e. The summed E-state index contributed by atoms with van der Waals surface area (Å²) in [4.78, 5) is 6.63. The molecule has 0 spiro atoms. The van der Waals surface area contributed by atoms with Gasteiger partial charge in [-0.2, -0.15) is 11.3 Å². The summed E-state index contributed by atoms with van der Waals surface area (Å²) in [6.45, 7) is 5.12. The normalized spacial score (nSPS) is 14.8. The molecule has 3 rings (SSSR count). The van der Waals surface area contributed by atoms with Gasteiger partial charge in [-0.1, -0.05) is 12.1 Å². The average Bonchev–Trinajstić information content (AvgIpc) is 3.17. The number of hydrogen-bond acceptors (Lipinski definition) is 4. The smallest absolute Gasteiger partial charge is 0.191 e. The summed E-state index contributed by atoms with van der Waals surface area (Å²) in [5, 5.41) is 10.9. The fourth-order valence-electron chi connectivity index (χ4n) is 2.63. The lowest BCUT2D eigenvalue weighted by atomic mass is 10.2. The monoisotopic (exact) mass is 472 g/mol. The van der Waals surface area contributed by atoms with E-state index in [1.165, 1.54) is 16.8 Å². The summed E-state index contributed by atoms with van der Waals surface area (Å²) in [7, 11) is 1.80. The molecule has 1 aliphatic heterocycles. The zero-order valence-corrected chi connectivity index (χ0v) is 17.6. The van der Waals surface area contributed by atoms with Crippen molar-refractivity contribution in [3.05, 3.63) is 52.2 Å². The molecule has 0 radical (unpaired) electrons. The van der Waals surface area contributed by atoms with Crippen molar-refractivity contribution < 1.29 is 4.74 Å². The number of halogens is 1. The van der Waals surface area contributed by atoms with Crippen molar-refractivity contribution in [3.63, 3.8) is 0 Å². The van der Waals surface area contributed by atoms with Crippen molar-refractivity contribution in [1.29, 1.82) is 0 Å². The molecule has 0 unspecified atom stereocenters. The summed E-state index contributed by atoms with van der Waals surface area (Å²) in [6, 6.07) is 10.8. The molecule has 1 aliphatic rings. The lowest BCUT2D eigenvalue weighted by Gasteiger charge is -2.28. The van der Waals surface area contributed by atoms with Gasteiger partial charge in [-0.3, -0.25) is 4.99 Å². The average molecular weight is 472 g/mol. The minimum Gasteiger partial charge on any atom is -0.378 e. The van der Waals surface area contributed by atoms with Gasteiger partial charge in [0.25, 0.3) is 0 Å². The third-order valence-corrected chi connectivity index (χ3v) is 4.77. The Hall–Kier alpha value is -1.32. The van der Waals surface area contributed by atoms with Gasteiger partial charge in [0.05, 0.1) is 13.2 Å². The number of benzene rings is 1. The molecule has 136 valence electrons. The van der Waals surface area contributed by atoms with Crippen LogP contribution in [0.5, 0.6) is 0 Å². The third-order valence-electron chi connectivity index (χ3n) is 4.04. The Kier molecular flexibility index (Phi) is 8.50. The Balaban J connectivity index is 0.00000225. The zero-order chi connectivity index (χ0) is 16.6. The highest BCUT2D eigenvalue weighted by Gasteiger charge is 2.10. The molecule has 1 fully saturated rings. The van der Waals surface area contributed by atoms with Crippen LogP contribution < -0.4 is 15.5 Å². The van der Waals surface area contributed by atoms with Crippen molar-refractivity contribution in [2.24, 2.45) is 4.99 Å². The van der Waals surface area contributed by atoms with Gasteiger partial charge in [0.2, 0.25) is 0 Å². The highest BCUT2D eigenvalue weighted by Crippen LogP contribution is 2.16. The molecular weight excluding hydrogens is 447 g/mol. The molecule has 2 heterocycles. The van der Waals surface area contributed by atoms with Crippen LogP contribution in [0.2, 0.25) is 0 Å². The number of ether oxygens (including phenoxy) is 1. The molecule has 1 aromatic carbocycles. The summed E-state index contributed by atoms with van der Waals surface area (Å²) >= 11 is 1.71. The van der Waals surface area contributed by atoms with Gasteiger partial charge in [-0.05, 0) is 40.1 Å². The van der Waals surface area contributed by atoms with Crippen LogP contribution in [0.3, 0.4) is 0 Å². The SMILES string of the molecule is CN=C(NCc1ccc(N2CCOCC2)cc1)NCc1ccsc1.I. The van der Waals surface area contributed by atoms with E-state index in [1.807, 2.05) is 0 Å². The zero-order valence-electron chi connectivity index (χ0n) is 14.4. The van der Waals surface area contributed by atoms with Gasteiger partial charge in [-0.25, -0.2) is 0 Å². The predicted molar refractivity (Wildman–Crippen MR) is 116 cm³/mol. The second kappa shape index (κ2) is 10.6. The van der Waals surface area contributed by atoms with Crippen LogP contribution in [0.4, 0.5) is 5.69 Å². The first-order valence-corrected chi connectivity index (χ1v) is 9.16. The summed E-state index contributed by atoms with van der Waals surface area (Å²) in [6.07, 6.45) is 0. The minimum absolute atomic E-state index is 0. The highest BCUT2D eigenvalue weighted by atomic mass is 127. The second-order valence-electron chi connectivity index (χ2n) is 5.68. The van der Waals surface area contributed by atoms with Gasteiger partial charge in [0.15, 0.2) is 5.96 Å². The Labute approximate surface area is 170 Å². The highest BCUT2D eigenvalue weighted by molar-refractivity contribution is 14.0. The number of guanidine groups is 1. The van der Waals surface area contributed by atoms with E-state index in [-0.39, 0.29) is 24.0 Å². The fraction of sp³-hybridized carbons (Fsp3) is 0.389. The fourth-order valence-corrected chi connectivity index (χ4v) is 3.30. The van der Waals surface area contributed by atoms with Crippen molar-refractivity contribution in [2.45, 2.75) is 13.1 Å². The lowest BCUT2D eigenvalue weighted by Crippen LogP contribution is -2.36. The number of morpholine rings is 1. The van der Waals surface area contributed by atoms with Gasteiger partial charge in [0.1, 0.15) is 0 Å². The molecule has 5 nitrogen and oxygen atoms in total. The van der Waals surface area contributed by atoms with Gasteiger partial charge in [0, 0.05) is 38.9 Å². The number of thiophene rings is 1. The molecule has 0 amide bonds. The van der Waals surface area contributed by atoms with Crippen LogP contribution in [-0.4, -0.2) is 39.3 Å². The molecular formula is C18H25IN4OS. The van der Waals surface area contributed by atoms with Crippen molar-refractivity contribution in [3.8, 4) is 0 Å². The van der Waals surface area contributed by atoms with E-state index in [1.54, 1.807) is 18.4 Å². The number of nitrogens with zero attached hydrogens (tertiary/aromatic N) is 2. The van der Waals surface area contributed by atoms with E-state index < -0.39 is 0 Å². The number of aliphatic imine (C=N–C) groups is 1. The Morgan fingerprint density at radius 3 is 2.36 bits per heavy atom. The molecule has 0 saturated carbocycles. The molecule has 2 N–H and O–H groups in total. The van der Waals surface area contributed by atoms with Crippen molar-refractivity contribution in [2.75, 3.05) is 38.3 Å². The minimum atomic E-state index is 0. The molecule has 0 atom stereocenters. The lowest BCUT2D eigenvalue weighted by molar-refractivity contribution is 0.122. The molecule has 0 aliphatic carbocycles.